The van der Waals surface area contributed by atoms with Gasteiger partial charge in [0.15, 0.2) is 0 Å². The lowest BCUT2D eigenvalue weighted by atomic mass is 9.76. The fourth-order valence-electron chi connectivity index (χ4n) is 2.83. The van der Waals surface area contributed by atoms with Crippen molar-refractivity contribution in [3.05, 3.63) is 47.2 Å². The Kier molecular flexibility index (Phi) is 5.17. The van der Waals surface area contributed by atoms with Crippen LogP contribution in [0.25, 0.3) is 0 Å². The molecule has 114 valence electrons. The Morgan fingerprint density at radius 2 is 1.81 bits per heavy atom. The molecule has 0 heterocycles. The molecular weight excluding hydrogens is 276 g/mol. The molecule has 0 spiro atoms. The summed E-state index contributed by atoms with van der Waals surface area (Å²) in [4.78, 5) is 3.32. The molecule has 0 aliphatic heterocycles. The molecule has 1 N–H and O–H groups in total. The molecule has 0 amide bonds. The number of nitrogens with zero attached hydrogens (tertiary/aromatic N) is 1. The van der Waals surface area contributed by atoms with Crippen molar-refractivity contribution < 1.29 is 0 Å². The van der Waals surface area contributed by atoms with E-state index in [-0.39, 0.29) is 5.41 Å². The van der Waals surface area contributed by atoms with Gasteiger partial charge in [-0.05, 0) is 43.5 Å². The van der Waals surface area contributed by atoms with Gasteiger partial charge in [0.05, 0.1) is 0 Å². The van der Waals surface area contributed by atoms with Crippen LogP contribution >= 0.6 is 12.2 Å². The summed E-state index contributed by atoms with van der Waals surface area (Å²) in [5.74, 6) is 0. The van der Waals surface area contributed by atoms with E-state index in [0.717, 1.165) is 30.8 Å². The van der Waals surface area contributed by atoms with Gasteiger partial charge >= 0.3 is 0 Å². The average Bonchev–Trinajstić information content (AvgIpc) is 2.40. The normalized spacial score (nSPS) is 18.2. The summed E-state index contributed by atoms with van der Waals surface area (Å²) in [6.07, 6.45) is 2.09. The Balaban J connectivity index is 2.18. The molecule has 0 unspecified atom stereocenters. The molecule has 21 heavy (non-hydrogen) atoms. The number of nitrogens with one attached hydrogen (secondary N) is 1. The van der Waals surface area contributed by atoms with Crippen molar-refractivity contribution >= 4 is 17.1 Å². The van der Waals surface area contributed by atoms with Gasteiger partial charge in [0.2, 0.25) is 0 Å². The van der Waals surface area contributed by atoms with Gasteiger partial charge in [-0.1, -0.05) is 56.4 Å². The number of hydrogen-bond donors (Lipinski definition) is 1. The van der Waals surface area contributed by atoms with Gasteiger partial charge in [-0.2, -0.15) is 0 Å². The lowest BCUT2D eigenvalue weighted by molar-refractivity contribution is 0.354. The van der Waals surface area contributed by atoms with Crippen molar-refractivity contribution in [1.29, 1.82) is 0 Å². The third-order valence-electron chi connectivity index (χ3n) is 3.82. The Bertz CT molecular complexity index is 529. The maximum absolute atomic E-state index is 5.68. The Hall–Kier alpha value is -1.19. The number of hydrogen-bond acceptors (Lipinski definition) is 3. The minimum absolute atomic E-state index is 0.256. The first-order chi connectivity index (χ1) is 9.87. The topological polar surface area (TPSA) is 15.3 Å². The van der Waals surface area contributed by atoms with E-state index in [9.17, 15) is 0 Å². The molecule has 0 bridgehead atoms. The van der Waals surface area contributed by atoms with Crippen LogP contribution in [0.1, 0.15) is 32.3 Å². The van der Waals surface area contributed by atoms with Gasteiger partial charge in [-0.3, -0.25) is 0 Å². The van der Waals surface area contributed by atoms with Crippen molar-refractivity contribution in [2.45, 2.75) is 33.2 Å². The molecule has 1 aliphatic carbocycles. The van der Waals surface area contributed by atoms with Crippen LogP contribution in [-0.2, 0) is 6.54 Å². The lowest BCUT2D eigenvalue weighted by Gasteiger charge is -2.35. The van der Waals surface area contributed by atoms with Crippen LogP contribution in [0.3, 0.4) is 0 Å². The van der Waals surface area contributed by atoms with Gasteiger partial charge in [-0.25, -0.2) is 0 Å². The van der Waals surface area contributed by atoms with Crippen LogP contribution < -0.4 is 5.32 Å². The predicted molar refractivity (Wildman–Crippen MR) is 94.5 cm³/mol. The summed E-state index contributed by atoms with van der Waals surface area (Å²) in [7, 11) is 4.20. The SMILES string of the molecule is CN(C)CC1=C(NCc2ccccc2)CC(C)(C)CC1=S. The molecule has 0 radical (unpaired) electrons. The summed E-state index contributed by atoms with van der Waals surface area (Å²) in [6, 6.07) is 10.5. The Morgan fingerprint density at radius 3 is 2.43 bits per heavy atom. The smallest absolute Gasteiger partial charge is 0.0397 e. The number of thiocarbonyl (C=S) groups is 1. The molecule has 2 rings (SSSR count). The maximum Gasteiger partial charge on any atom is 0.0397 e. The summed E-state index contributed by atoms with van der Waals surface area (Å²) >= 11 is 5.68. The zero-order valence-electron chi connectivity index (χ0n) is 13.6. The number of rotatable bonds is 5. The van der Waals surface area contributed by atoms with E-state index in [1.54, 1.807) is 0 Å². The van der Waals surface area contributed by atoms with E-state index < -0.39 is 0 Å². The van der Waals surface area contributed by atoms with Crippen LogP contribution in [0.2, 0.25) is 0 Å². The zero-order valence-corrected chi connectivity index (χ0v) is 14.4. The van der Waals surface area contributed by atoms with Crippen LogP contribution in [0.15, 0.2) is 41.6 Å². The molecule has 0 fully saturated rings. The number of benzene rings is 1. The second kappa shape index (κ2) is 6.71. The fraction of sp³-hybridized carbons (Fsp3) is 0.500. The maximum atomic E-state index is 5.68. The molecule has 2 nitrogen and oxygen atoms in total. The first-order valence-corrected chi connectivity index (χ1v) is 7.96. The van der Waals surface area contributed by atoms with Gasteiger partial charge in [0.25, 0.3) is 0 Å². The summed E-state index contributed by atoms with van der Waals surface area (Å²) in [5.41, 5.74) is 4.22. The van der Waals surface area contributed by atoms with E-state index in [0.29, 0.717) is 0 Å². The third-order valence-corrected chi connectivity index (χ3v) is 4.21. The molecule has 3 heteroatoms. The third kappa shape index (κ3) is 4.65. The van der Waals surface area contributed by atoms with E-state index in [1.807, 2.05) is 0 Å². The Labute approximate surface area is 134 Å². The molecule has 0 atom stereocenters. The molecule has 0 aromatic heterocycles. The largest absolute Gasteiger partial charge is 0.384 e. The molecule has 1 aliphatic rings. The van der Waals surface area contributed by atoms with Gasteiger partial charge < -0.3 is 10.2 Å². The highest BCUT2D eigenvalue weighted by Gasteiger charge is 2.30. The minimum atomic E-state index is 0.256. The van der Waals surface area contributed by atoms with Gasteiger partial charge in [0.1, 0.15) is 0 Å². The quantitative estimate of drug-likeness (QED) is 0.833. The standard InChI is InChI=1S/C18H26N2S/c1-18(2)10-16(15(13-20(3)4)17(21)11-18)19-12-14-8-6-5-7-9-14/h5-9,19H,10-13H2,1-4H3. The fourth-order valence-corrected chi connectivity index (χ4v) is 3.41. The molecular formula is C18H26N2S. The highest BCUT2D eigenvalue weighted by Crippen LogP contribution is 2.36. The van der Waals surface area contributed by atoms with E-state index >= 15 is 0 Å². The highest BCUT2D eigenvalue weighted by atomic mass is 32.1. The van der Waals surface area contributed by atoms with Crippen molar-refractivity contribution in [3.8, 4) is 0 Å². The average molecular weight is 302 g/mol. The number of allylic oxidation sites excluding steroid dienone is 1. The zero-order chi connectivity index (χ0) is 15.5. The van der Waals surface area contributed by atoms with Gasteiger partial charge in [0, 0.05) is 23.7 Å². The minimum Gasteiger partial charge on any atom is -0.384 e. The summed E-state index contributed by atoms with van der Waals surface area (Å²) in [6.45, 7) is 6.39. The summed E-state index contributed by atoms with van der Waals surface area (Å²) < 4.78 is 0. The monoisotopic (exact) mass is 302 g/mol. The first-order valence-electron chi connectivity index (χ1n) is 7.55. The molecule has 0 saturated heterocycles. The Morgan fingerprint density at radius 1 is 1.14 bits per heavy atom. The van der Waals surface area contributed by atoms with Crippen molar-refractivity contribution in [2.24, 2.45) is 5.41 Å². The van der Waals surface area contributed by atoms with Crippen molar-refractivity contribution in [3.63, 3.8) is 0 Å². The van der Waals surface area contributed by atoms with Crippen LogP contribution in [-0.4, -0.2) is 30.4 Å². The first kappa shape index (κ1) is 16.2. The van der Waals surface area contributed by atoms with Crippen LogP contribution in [0.4, 0.5) is 0 Å². The second-order valence-corrected chi connectivity index (χ2v) is 7.47. The van der Waals surface area contributed by atoms with E-state index in [1.165, 1.54) is 16.8 Å². The van der Waals surface area contributed by atoms with Crippen molar-refractivity contribution in [1.82, 2.24) is 10.2 Å². The van der Waals surface area contributed by atoms with Crippen LogP contribution in [0.5, 0.6) is 0 Å². The molecule has 1 aromatic carbocycles. The summed E-state index contributed by atoms with van der Waals surface area (Å²) in [5, 5.41) is 3.64. The second-order valence-electron chi connectivity index (χ2n) is 6.97. The van der Waals surface area contributed by atoms with Crippen LogP contribution in [0, 0.1) is 5.41 Å². The van der Waals surface area contributed by atoms with Crippen molar-refractivity contribution in [2.75, 3.05) is 20.6 Å². The van der Waals surface area contributed by atoms with E-state index in [2.05, 4.69) is 68.5 Å². The molecule has 1 aromatic rings. The van der Waals surface area contributed by atoms with E-state index in [4.69, 9.17) is 12.2 Å². The molecule has 0 saturated carbocycles. The number of likely N-dealkylation sites (N-methyl/N-ethyl adjacent to an activating group) is 1. The van der Waals surface area contributed by atoms with Gasteiger partial charge in [-0.15, -0.1) is 0 Å². The lowest BCUT2D eigenvalue weighted by Crippen LogP contribution is -2.34. The predicted octanol–water partition coefficient (Wildman–Crippen LogP) is 3.78. The highest BCUT2D eigenvalue weighted by molar-refractivity contribution is 7.80.